The number of allylic oxidation sites excluding steroid dienone is 2. The number of hydrogen-bond donors (Lipinski definition) is 2. The van der Waals surface area contributed by atoms with Crippen LogP contribution in [0.4, 0.5) is 0 Å². The standard InChI is InChI=1S/C36H39NO5/c1-36(2,3)30-19-17-27(18-20-30)32(38)23-31(26-11-9-25(10-12-26)24-7-5-4-6-8-24)34(41)28-13-15-29(16-14-28)35(42)37-22-21-33(39)40/h9-20,23-24H,4-8,21-22H2,1-3H3,(H,37,42)(H,39,40)/b31-23+. The van der Waals surface area contributed by atoms with Crippen LogP contribution in [0.2, 0.25) is 0 Å². The van der Waals surface area contributed by atoms with Crippen molar-refractivity contribution in [1.82, 2.24) is 5.32 Å². The van der Waals surface area contributed by atoms with E-state index in [1.165, 1.54) is 55.9 Å². The fourth-order valence-corrected chi connectivity index (χ4v) is 5.31. The number of amides is 1. The first-order valence-corrected chi connectivity index (χ1v) is 14.6. The summed E-state index contributed by atoms with van der Waals surface area (Å²) in [6.45, 7) is 6.35. The molecule has 0 atom stereocenters. The number of ketones is 2. The topological polar surface area (TPSA) is 101 Å². The van der Waals surface area contributed by atoms with Crippen molar-refractivity contribution in [3.05, 3.63) is 112 Å². The Morgan fingerprint density at radius 1 is 0.762 bits per heavy atom. The van der Waals surface area contributed by atoms with Gasteiger partial charge in [-0.25, -0.2) is 0 Å². The molecule has 3 aromatic rings. The maximum absolute atomic E-state index is 13.8. The van der Waals surface area contributed by atoms with E-state index in [-0.39, 0.29) is 35.5 Å². The molecule has 4 rings (SSSR count). The van der Waals surface area contributed by atoms with Crippen molar-refractivity contribution in [2.45, 2.75) is 70.6 Å². The molecule has 0 spiro atoms. The van der Waals surface area contributed by atoms with Crippen molar-refractivity contribution >= 4 is 29.0 Å². The van der Waals surface area contributed by atoms with E-state index >= 15 is 0 Å². The van der Waals surface area contributed by atoms with E-state index in [0.29, 0.717) is 28.2 Å². The summed E-state index contributed by atoms with van der Waals surface area (Å²) in [6.07, 6.45) is 7.30. The first-order chi connectivity index (χ1) is 20.0. The number of benzene rings is 3. The molecule has 0 saturated heterocycles. The number of Topliss-reactive ketones (excluding diaryl/α,β-unsaturated/α-hetero) is 1. The Labute approximate surface area is 247 Å². The van der Waals surface area contributed by atoms with Gasteiger partial charge in [0.2, 0.25) is 0 Å². The number of rotatable bonds is 10. The van der Waals surface area contributed by atoms with E-state index in [9.17, 15) is 19.2 Å². The van der Waals surface area contributed by atoms with Gasteiger partial charge in [-0.15, -0.1) is 0 Å². The summed E-state index contributed by atoms with van der Waals surface area (Å²) in [7, 11) is 0. The number of carbonyl (C=O) groups excluding carboxylic acids is 3. The Balaban J connectivity index is 1.62. The maximum Gasteiger partial charge on any atom is 0.305 e. The van der Waals surface area contributed by atoms with Gasteiger partial charge in [0.25, 0.3) is 5.91 Å². The summed E-state index contributed by atoms with van der Waals surface area (Å²) in [6, 6.07) is 21.6. The summed E-state index contributed by atoms with van der Waals surface area (Å²) in [5.74, 6) is -1.48. The molecule has 0 aliphatic heterocycles. The van der Waals surface area contributed by atoms with Gasteiger partial charge in [0.15, 0.2) is 11.6 Å². The highest BCUT2D eigenvalue weighted by atomic mass is 16.4. The minimum atomic E-state index is -0.998. The molecule has 1 saturated carbocycles. The van der Waals surface area contributed by atoms with Crippen molar-refractivity contribution in [1.29, 1.82) is 0 Å². The Morgan fingerprint density at radius 2 is 1.31 bits per heavy atom. The molecule has 42 heavy (non-hydrogen) atoms. The highest BCUT2D eigenvalue weighted by Crippen LogP contribution is 2.33. The molecule has 0 heterocycles. The van der Waals surface area contributed by atoms with E-state index in [4.69, 9.17) is 5.11 Å². The van der Waals surface area contributed by atoms with Crippen molar-refractivity contribution in [3.8, 4) is 0 Å². The van der Waals surface area contributed by atoms with Gasteiger partial charge in [0.1, 0.15) is 0 Å². The van der Waals surface area contributed by atoms with Crippen LogP contribution in [0.25, 0.3) is 5.57 Å². The van der Waals surface area contributed by atoms with Gasteiger partial charge < -0.3 is 10.4 Å². The molecular formula is C36H39NO5. The third-order valence-corrected chi connectivity index (χ3v) is 7.89. The number of nitrogens with one attached hydrogen (secondary N) is 1. The number of carbonyl (C=O) groups is 4. The lowest BCUT2D eigenvalue weighted by Crippen LogP contribution is -2.26. The van der Waals surface area contributed by atoms with Crippen LogP contribution in [0.1, 0.15) is 113 Å². The van der Waals surface area contributed by atoms with Crippen LogP contribution in [0.5, 0.6) is 0 Å². The lowest BCUT2D eigenvalue weighted by Gasteiger charge is -2.22. The molecule has 1 aliphatic carbocycles. The van der Waals surface area contributed by atoms with Crippen LogP contribution < -0.4 is 5.32 Å². The highest BCUT2D eigenvalue weighted by molar-refractivity contribution is 6.32. The van der Waals surface area contributed by atoms with Crippen LogP contribution in [-0.2, 0) is 10.2 Å². The Bertz CT molecular complexity index is 1450. The highest BCUT2D eigenvalue weighted by Gasteiger charge is 2.20. The molecule has 0 radical (unpaired) electrons. The van der Waals surface area contributed by atoms with Crippen LogP contribution in [0, 0.1) is 0 Å². The molecule has 6 heteroatoms. The van der Waals surface area contributed by atoms with E-state index in [0.717, 1.165) is 5.56 Å². The second-order valence-electron chi connectivity index (χ2n) is 12.0. The summed E-state index contributed by atoms with van der Waals surface area (Å²) < 4.78 is 0. The molecule has 1 amide bonds. The van der Waals surface area contributed by atoms with Gasteiger partial charge in [0, 0.05) is 28.8 Å². The Morgan fingerprint density at radius 3 is 1.88 bits per heavy atom. The molecule has 1 aliphatic rings. The molecule has 218 valence electrons. The van der Waals surface area contributed by atoms with Crippen molar-refractivity contribution < 1.29 is 24.3 Å². The van der Waals surface area contributed by atoms with Crippen LogP contribution >= 0.6 is 0 Å². The molecule has 3 aromatic carbocycles. The first kappa shape index (κ1) is 30.6. The number of aliphatic carboxylic acids is 1. The predicted octanol–water partition coefficient (Wildman–Crippen LogP) is 7.39. The molecule has 6 nitrogen and oxygen atoms in total. The minimum Gasteiger partial charge on any atom is -0.481 e. The molecular weight excluding hydrogens is 526 g/mol. The monoisotopic (exact) mass is 565 g/mol. The Kier molecular flexibility index (Phi) is 9.89. The normalized spacial score (nSPS) is 14.3. The fourth-order valence-electron chi connectivity index (χ4n) is 5.31. The second kappa shape index (κ2) is 13.6. The molecule has 2 N–H and O–H groups in total. The van der Waals surface area contributed by atoms with Crippen LogP contribution in [0.3, 0.4) is 0 Å². The lowest BCUT2D eigenvalue weighted by atomic mass is 9.83. The van der Waals surface area contributed by atoms with Gasteiger partial charge in [-0.1, -0.05) is 101 Å². The maximum atomic E-state index is 13.8. The third kappa shape index (κ3) is 7.90. The van der Waals surface area contributed by atoms with Gasteiger partial charge >= 0.3 is 5.97 Å². The molecule has 0 bridgehead atoms. The van der Waals surface area contributed by atoms with Gasteiger partial charge in [-0.05, 0) is 59.1 Å². The van der Waals surface area contributed by atoms with Gasteiger partial charge in [-0.3, -0.25) is 19.2 Å². The molecule has 0 aromatic heterocycles. The average molecular weight is 566 g/mol. The minimum absolute atomic E-state index is 0.0113. The van der Waals surface area contributed by atoms with E-state index in [1.807, 2.05) is 24.3 Å². The van der Waals surface area contributed by atoms with E-state index in [1.54, 1.807) is 24.3 Å². The van der Waals surface area contributed by atoms with Gasteiger partial charge in [-0.2, -0.15) is 0 Å². The number of carboxylic acid groups (broad SMARTS) is 1. The smallest absolute Gasteiger partial charge is 0.305 e. The largest absolute Gasteiger partial charge is 0.481 e. The fraction of sp³-hybridized carbons (Fsp3) is 0.333. The Hall–Kier alpha value is -4.32. The van der Waals surface area contributed by atoms with E-state index < -0.39 is 11.9 Å². The zero-order valence-corrected chi connectivity index (χ0v) is 24.6. The zero-order chi connectivity index (χ0) is 30.3. The second-order valence-corrected chi connectivity index (χ2v) is 12.0. The summed E-state index contributed by atoms with van der Waals surface area (Å²) in [5, 5.41) is 11.3. The SMILES string of the molecule is CC(C)(C)c1ccc(C(=O)/C=C(/C(=O)c2ccc(C(=O)NCCC(=O)O)cc2)c2ccc(C3CCCCC3)cc2)cc1. The first-order valence-electron chi connectivity index (χ1n) is 14.6. The zero-order valence-electron chi connectivity index (χ0n) is 24.6. The van der Waals surface area contributed by atoms with Crippen molar-refractivity contribution in [2.24, 2.45) is 0 Å². The van der Waals surface area contributed by atoms with Gasteiger partial charge in [0.05, 0.1) is 6.42 Å². The summed E-state index contributed by atoms with van der Waals surface area (Å²) in [4.78, 5) is 50.3. The third-order valence-electron chi connectivity index (χ3n) is 7.89. The summed E-state index contributed by atoms with van der Waals surface area (Å²) in [5.41, 5.74) is 4.43. The lowest BCUT2D eigenvalue weighted by molar-refractivity contribution is -0.136. The predicted molar refractivity (Wildman–Crippen MR) is 165 cm³/mol. The number of hydrogen-bond acceptors (Lipinski definition) is 4. The summed E-state index contributed by atoms with van der Waals surface area (Å²) >= 11 is 0. The quantitative estimate of drug-likeness (QED) is 0.197. The molecule has 1 fully saturated rings. The van der Waals surface area contributed by atoms with Crippen LogP contribution in [-0.4, -0.2) is 35.1 Å². The van der Waals surface area contributed by atoms with Crippen LogP contribution in [0.15, 0.2) is 78.9 Å². The number of carboxylic acids is 1. The van der Waals surface area contributed by atoms with Crippen molar-refractivity contribution in [3.63, 3.8) is 0 Å². The van der Waals surface area contributed by atoms with Crippen molar-refractivity contribution in [2.75, 3.05) is 6.54 Å². The molecule has 0 unspecified atom stereocenters. The van der Waals surface area contributed by atoms with E-state index in [2.05, 4.69) is 38.2 Å². The average Bonchev–Trinajstić information content (AvgIpc) is 2.99.